The van der Waals surface area contributed by atoms with E-state index in [-0.39, 0.29) is 12.5 Å². The number of aliphatic hydroxyl groups is 2. The molecule has 63 heavy (non-hydrogen) atoms. The number of carbonyl (C=O) groups is 1. The van der Waals surface area contributed by atoms with Crippen LogP contribution in [0.3, 0.4) is 0 Å². The van der Waals surface area contributed by atoms with Crippen LogP contribution in [-0.2, 0) is 4.79 Å². The van der Waals surface area contributed by atoms with Crippen molar-refractivity contribution in [3.05, 3.63) is 24.3 Å². The maximum absolute atomic E-state index is 12.5. The molecule has 0 heterocycles. The van der Waals surface area contributed by atoms with Crippen molar-refractivity contribution >= 4 is 5.91 Å². The van der Waals surface area contributed by atoms with E-state index in [2.05, 4.69) is 31.3 Å². The minimum absolute atomic E-state index is 0.0591. The van der Waals surface area contributed by atoms with Crippen LogP contribution < -0.4 is 5.32 Å². The van der Waals surface area contributed by atoms with Gasteiger partial charge in [0.2, 0.25) is 5.91 Å². The topological polar surface area (TPSA) is 69.6 Å². The third-order valence-corrected chi connectivity index (χ3v) is 13.7. The fraction of sp³-hybridized carbons (Fsp3) is 0.915. The Bertz CT molecular complexity index is 916. The Hall–Kier alpha value is -1.13. The lowest BCUT2D eigenvalue weighted by Crippen LogP contribution is -2.45. The zero-order valence-electron chi connectivity index (χ0n) is 43.1. The fourth-order valence-corrected chi connectivity index (χ4v) is 9.24. The van der Waals surface area contributed by atoms with Crippen LogP contribution in [0.4, 0.5) is 0 Å². The standard InChI is InChI=1S/C59H115NO3/c1-3-5-7-9-11-13-15-17-19-21-23-25-27-29-30-31-33-35-37-39-41-43-45-47-49-51-53-55-59(63)60-57(56-61)58(62)54-52-50-48-46-44-42-40-38-36-34-32-28-26-24-22-20-18-16-14-12-10-8-6-4-2/h29-30,52,54,57-58,61-62H,3-28,31-51,53,55-56H2,1-2H3,(H,60,63)/b30-29-,54-52+. The summed E-state index contributed by atoms with van der Waals surface area (Å²) in [5.41, 5.74) is 0. The largest absolute Gasteiger partial charge is 0.394 e. The van der Waals surface area contributed by atoms with Gasteiger partial charge in [0.25, 0.3) is 0 Å². The molecule has 0 fully saturated rings. The van der Waals surface area contributed by atoms with Gasteiger partial charge in [0.15, 0.2) is 0 Å². The van der Waals surface area contributed by atoms with Gasteiger partial charge >= 0.3 is 0 Å². The smallest absolute Gasteiger partial charge is 0.220 e. The SMILES string of the molecule is CCCCCCCCCCCCCC/C=C\CCCCCCCCCCCCCC(=O)NC(CO)C(O)/C=C/CCCCCCCCCCCCCCCCCCCCCCCC. The minimum Gasteiger partial charge on any atom is -0.394 e. The van der Waals surface area contributed by atoms with Gasteiger partial charge in [-0.15, -0.1) is 0 Å². The molecule has 0 spiro atoms. The van der Waals surface area contributed by atoms with Crippen LogP contribution in [0.2, 0.25) is 0 Å². The maximum atomic E-state index is 12.5. The van der Waals surface area contributed by atoms with Crippen molar-refractivity contribution in [3.8, 4) is 0 Å². The Labute approximate surface area is 396 Å². The Balaban J connectivity index is 3.47. The van der Waals surface area contributed by atoms with E-state index < -0.39 is 12.1 Å². The van der Waals surface area contributed by atoms with E-state index in [0.29, 0.717) is 6.42 Å². The summed E-state index contributed by atoms with van der Waals surface area (Å²) in [5, 5.41) is 23.2. The summed E-state index contributed by atoms with van der Waals surface area (Å²) in [6, 6.07) is -0.622. The Morgan fingerprint density at radius 3 is 0.873 bits per heavy atom. The first kappa shape index (κ1) is 61.9. The second-order valence-corrected chi connectivity index (χ2v) is 20.1. The number of allylic oxidation sites excluding steroid dienone is 3. The first-order valence-corrected chi connectivity index (χ1v) is 29.1. The van der Waals surface area contributed by atoms with E-state index in [0.717, 1.165) is 25.7 Å². The summed E-state index contributed by atoms with van der Waals surface area (Å²) in [6.45, 7) is 4.35. The van der Waals surface area contributed by atoms with Crippen molar-refractivity contribution in [2.45, 2.75) is 341 Å². The van der Waals surface area contributed by atoms with Crippen LogP contribution in [0.5, 0.6) is 0 Å². The molecule has 0 aromatic heterocycles. The molecule has 0 saturated carbocycles. The molecule has 0 aliphatic heterocycles. The van der Waals surface area contributed by atoms with Crippen molar-refractivity contribution < 1.29 is 15.0 Å². The van der Waals surface area contributed by atoms with Crippen LogP contribution in [0.25, 0.3) is 0 Å². The molecule has 0 rings (SSSR count). The number of hydrogen-bond acceptors (Lipinski definition) is 3. The predicted octanol–water partition coefficient (Wildman–Crippen LogP) is 19.1. The van der Waals surface area contributed by atoms with E-state index in [1.54, 1.807) is 6.08 Å². The van der Waals surface area contributed by atoms with Crippen LogP contribution in [0.15, 0.2) is 24.3 Å². The molecule has 0 radical (unpaired) electrons. The second-order valence-electron chi connectivity index (χ2n) is 20.1. The molecule has 0 aliphatic rings. The Kier molecular flexibility index (Phi) is 54.2. The van der Waals surface area contributed by atoms with Crippen molar-refractivity contribution in [2.75, 3.05) is 6.61 Å². The molecule has 374 valence electrons. The molecule has 4 nitrogen and oxygen atoms in total. The highest BCUT2D eigenvalue weighted by Gasteiger charge is 2.18. The molecule has 2 atom stereocenters. The summed E-state index contributed by atoms with van der Waals surface area (Å²) in [6.07, 6.45) is 73.5. The van der Waals surface area contributed by atoms with Crippen molar-refractivity contribution in [3.63, 3.8) is 0 Å². The number of nitrogens with one attached hydrogen (secondary N) is 1. The highest BCUT2D eigenvalue weighted by atomic mass is 16.3. The molecule has 0 aromatic carbocycles. The molecular formula is C59H115NO3. The summed E-state index contributed by atoms with van der Waals surface area (Å²) in [7, 11) is 0. The number of unbranched alkanes of at least 4 members (excludes halogenated alkanes) is 45. The monoisotopic (exact) mass is 886 g/mol. The number of aliphatic hydroxyl groups excluding tert-OH is 2. The molecule has 3 N–H and O–H groups in total. The maximum Gasteiger partial charge on any atom is 0.220 e. The normalized spacial score (nSPS) is 12.9. The van der Waals surface area contributed by atoms with Gasteiger partial charge in [-0.3, -0.25) is 4.79 Å². The van der Waals surface area contributed by atoms with Crippen LogP contribution in [0, 0.1) is 0 Å². The fourth-order valence-electron chi connectivity index (χ4n) is 9.24. The lowest BCUT2D eigenvalue weighted by molar-refractivity contribution is -0.123. The molecule has 0 aliphatic carbocycles. The first-order valence-electron chi connectivity index (χ1n) is 29.1. The third kappa shape index (κ3) is 51.7. The summed E-state index contributed by atoms with van der Waals surface area (Å²) < 4.78 is 0. The van der Waals surface area contributed by atoms with Crippen LogP contribution >= 0.6 is 0 Å². The van der Waals surface area contributed by atoms with E-state index in [4.69, 9.17) is 0 Å². The van der Waals surface area contributed by atoms with Gasteiger partial charge in [-0.2, -0.15) is 0 Å². The predicted molar refractivity (Wildman–Crippen MR) is 281 cm³/mol. The average molecular weight is 887 g/mol. The van der Waals surface area contributed by atoms with Gasteiger partial charge < -0.3 is 15.5 Å². The lowest BCUT2D eigenvalue weighted by Gasteiger charge is -2.20. The molecule has 4 heteroatoms. The molecule has 1 amide bonds. The van der Waals surface area contributed by atoms with Crippen molar-refractivity contribution in [2.24, 2.45) is 0 Å². The van der Waals surface area contributed by atoms with Gasteiger partial charge in [0.1, 0.15) is 0 Å². The zero-order valence-corrected chi connectivity index (χ0v) is 43.1. The second kappa shape index (κ2) is 55.2. The van der Waals surface area contributed by atoms with E-state index in [1.807, 2.05) is 6.08 Å². The van der Waals surface area contributed by atoms with Gasteiger partial charge in [-0.25, -0.2) is 0 Å². The van der Waals surface area contributed by atoms with Gasteiger partial charge in [-0.1, -0.05) is 301 Å². The van der Waals surface area contributed by atoms with Crippen LogP contribution in [-0.4, -0.2) is 34.9 Å². The highest BCUT2D eigenvalue weighted by molar-refractivity contribution is 5.76. The molecular weight excluding hydrogens is 771 g/mol. The minimum atomic E-state index is -0.839. The Morgan fingerprint density at radius 2 is 0.603 bits per heavy atom. The van der Waals surface area contributed by atoms with E-state index in [1.165, 1.54) is 283 Å². The van der Waals surface area contributed by atoms with Gasteiger partial charge in [0.05, 0.1) is 18.8 Å². The molecule has 2 unspecified atom stereocenters. The number of rotatable bonds is 54. The van der Waals surface area contributed by atoms with Crippen LogP contribution in [0.1, 0.15) is 328 Å². The van der Waals surface area contributed by atoms with Crippen molar-refractivity contribution in [1.29, 1.82) is 0 Å². The summed E-state index contributed by atoms with van der Waals surface area (Å²) in [4.78, 5) is 12.5. The van der Waals surface area contributed by atoms with E-state index >= 15 is 0 Å². The summed E-state index contributed by atoms with van der Waals surface area (Å²) >= 11 is 0. The number of hydrogen-bond donors (Lipinski definition) is 3. The Morgan fingerprint density at radius 1 is 0.365 bits per heavy atom. The number of amides is 1. The highest BCUT2D eigenvalue weighted by Crippen LogP contribution is 2.17. The van der Waals surface area contributed by atoms with Crippen molar-refractivity contribution in [1.82, 2.24) is 5.32 Å². The van der Waals surface area contributed by atoms with Gasteiger partial charge in [-0.05, 0) is 44.9 Å². The number of carbonyl (C=O) groups excluding carboxylic acids is 1. The molecule has 0 aromatic rings. The first-order chi connectivity index (χ1) is 31.2. The third-order valence-electron chi connectivity index (χ3n) is 13.7. The van der Waals surface area contributed by atoms with Gasteiger partial charge in [0, 0.05) is 6.42 Å². The summed E-state index contributed by atoms with van der Waals surface area (Å²) in [5.74, 6) is -0.0591. The molecule has 0 bridgehead atoms. The average Bonchev–Trinajstić information content (AvgIpc) is 3.29. The zero-order chi connectivity index (χ0) is 45.6. The quantitative estimate of drug-likeness (QED) is 0.0421. The van der Waals surface area contributed by atoms with E-state index in [9.17, 15) is 15.0 Å². The lowest BCUT2D eigenvalue weighted by atomic mass is 10.0. The molecule has 0 saturated heterocycles.